The van der Waals surface area contributed by atoms with Crippen LogP contribution in [-0.2, 0) is 6.42 Å². The van der Waals surface area contributed by atoms with Crippen molar-refractivity contribution >= 4 is 21.8 Å². The molecule has 0 saturated carbocycles. The van der Waals surface area contributed by atoms with Gasteiger partial charge in [-0.05, 0) is 35.7 Å². The standard InChI is InChI=1S/C16H14BrNO2/c17-12-5-6-14(15(19)8-12)16(20)18-9-11-7-10-3-1-2-4-13(10)11/h1-6,8,11,19H,7,9H2,(H,18,20). The van der Waals surface area contributed by atoms with Crippen molar-refractivity contribution in [3.8, 4) is 5.75 Å². The third-order valence-corrected chi connectivity index (χ3v) is 4.17. The molecule has 1 unspecified atom stereocenters. The minimum Gasteiger partial charge on any atom is -0.507 e. The van der Waals surface area contributed by atoms with Gasteiger partial charge in [0.1, 0.15) is 5.75 Å². The molecule has 0 aromatic heterocycles. The van der Waals surface area contributed by atoms with Crippen molar-refractivity contribution in [1.29, 1.82) is 0 Å². The van der Waals surface area contributed by atoms with E-state index in [0.29, 0.717) is 18.0 Å². The zero-order chi connectivity index (χ0) is 14.1. The summed E-state index contributed by atoms with van der Waals surface area (Å²) in [6.07, 6.45) is 1.00. The van der Waals surface area contributed by atoms with Crippen LogP contribution in [0.3, 0.4) is 0 Å². The van der Waals surface area contributed by atoms with E-state index in [9.17, 15) is 9.90 Å². The van der Waals surface area contributed by atoms with E-state index in [0.717, 1.165) is 10.9 Å². The summed E-state index contributed by atoms with van der Waals surface area (Å²) in [5.74, 6) is 0.137. The second kappa shape index (κ2) is 5.29. The number of rotatable bonds is 3. The summed E-state index contributed by atoms with van der Waals surface area (Å²) in [4.78, 5) is 12.0. The van der Waals surface area contributed by atoms with Crippen LogP contribution in [0.4, 0.5) is 0 Å². The first-order valence-electron chi connectivity index (χ1n) is 6.49. The van der Waals surface area contributed by atoms with Crippen LogP contribution in [-0.4, -0.2) is 17.6 Å². The van der Waals surface area contributed by atoms with Crippen molar-refractivity contribution in [2.24, 2.45) is 0 Å². The molecule has 0 bridgehead atoms. The third kappa shape index (κ3) is 2.43. The average Bonchev–Trinajstić information content (AvgIpc) is 2.39. The van der Waals surface area contributed by atoms with E-state index < -0.39 is 0 Å². The van der Waals surface area contributed by atoms with Gasteiger partial charge in [0.2, 0.25) is 0 Å². The number of benzene rings is 2. The number of halogens is 1. The normalized spacial score (nSPS) is 16.1. The second-order valence-electron chi connectivity index (χ2n) is 4.97. The van der Waals surface area contributed by atoms with Gasteiger partial charge in [-0.2, -0.15) is 0 Å². The Balaban J connectivity index is 1.64. The average molecular weight is 332 g/mol. The molecule has 4 heteroatoms. The van der Waals surface area contributed by atoms with Gasteiger partial charge >= 0.3 is 0 Å². The molecule has 102 valence electrons. The lowest BCUT2D eigenvalue weighted by Gasteiger charge is -2.30. The zero-order valence-electron chi connectivity index (χ0n) is 10.8. The topological polar surface area (TPSA) is 49.3 Å². The number of hydrogen-bond donors (Lipinski definition) is 2. The number of carbonyl (C=O) groups excluding carboxylic acids is 1. The Morgan fingerprint density at radius 3 is 2.85 bits per heavy atom. The fraction of sp³-hybridized carbons (Fsp3) is 0.188. The lowest BCUT2D eigenvalue weighted by atomic mass is 9.77. The van der Waals surface area contributed by atoms with Crippen molar-refractivity contribution in [1.82, 2.24) is 5.32 Å². The van der Waals surface area contributed by atoms with E-state index >= 15 is 0 Å². The largest absolute Gasteiger partial charge is 0.507 e. The summed E-state index contributed by atoms with van der Waals surface area (Å²) in [6, 6.07) is 13.2. The van der Waals surface area contributed by atoms with Gasteiger partial charge in [0.05, 0.1) is 5.56 Å². The van der Waals surface area contributed by atoms with Crippen LogP contribution in [0, 0.1) is 0 Å². The van der Waals surface area contributed by atoms with Crippen molar-refractivity contribution in [2.75, 3.05) is 6.54 Å². The summed E-state index contributed by atoms with van der Waals surface area (Å²) in [6.45, 7) is 0.603. The molecule has 0 heterocycles. The van der Waals surface area contributed by atoms with Gasteiger partial charge in [-0.15, -0.1) is 0 Å². The van der Waals surface area contributed by atoms with Crippen LogP contribution in [0.15, 0.2) is 46.9 Å². The van der Waals surface area contributed by atoms with Crippen molar-refractivity contribution < 1.29 is 9.90 Å². The second-order valence-corrected chi connectivity index (χ2v) is 5.89. The smallest absolute Gasteiger partial charge is 0.255 e. The van der Waals surface area contributed by atoms with Gasteiger partial charge in [-0.3, -0.25) is 4.79 Å². The molecular formula is C16H14BrNO2. The Kier molecular flexibility index (Phi) is 3.49. The predicted molar refractivity (Wildman–Crippen MR) is 81.0 cm³/mol. The lowest BCUT2D eigenvalue weighted by Crippen LogP contribution is -2.33. The van der Waals surface area contributed by atoms with Crippen molar-refractivity contribution in [3.63, 3.8) is 0 Å². The molecule has 1 amide bonds. The summed E-state index contributed by atoms with van der Waals surface area (Å²) in [5, 5.41) is 12.7. The molecule has 0 aliphatic heterocycles. The van der Waals surface area contributed by atoms with E-state index in [1.165, 1.54) is 17.2 Å². The Morgan fingerprint density at radius 1 is 1.30 bits per heavy atom. The summed E-state index contributed by atoms with van der Waals surface area (Å²) >= 11 is 3.25. The van der Waals surface area contributed by atoms with E-state index in [-0.39, 0.29) is 11.7 Å². The van der Waals surface area contributed by atoms with Gasteiger partial charge in [-0.25, -0.2) is 0 Å². The molecular weight excluding hydrogens is 318 g/mol. The number of amides is 1. The minimum atomic E-state index is -0.237. The number of phenolic OH excluding ortho intramolecular Hbond substituents is 1. The first kappa shape index (κ1) is 13.2. The maximum absolute atomic E-state index is 12.0. The highest BCUT2D eigenvalue weighted by Gasteiger charge is 2.25. The van der Waals surface area contributed by atoms with Crippen LogP contribution >= 0.6 is 15.9 Å². The number of carbonyl (C=O) groups is 1. The van der Waals surface area contributed by atoms with E-state index in [4.69, 9.17) is 0 Å². The third-order valence-electron chi connectivity index (χ3n) is 3.67. The quantitative estimate of drug-likeness (QED) is 0.907. The van der Waals surface area contributed by atoms with Crippen LogP contribution in [0.2, 0.25) is 0 Å². The fourth-order valence-corrected chi connectivity index (χ4v) is 2.90. The number of nitrogens with one attached hydrogen (secondary N) is 1. The highest BCUT2D eigenvalue weighted by molar-refractivity contribution is 9.10. The molecule has 0 saturated heterocycles. The molecule has 1 atom stereocenters. The molecule has 0 spiro atoms. The monoisotopic (exact) mass is 331 g/mol. The van der Waals surface area contributed by atoms with Crippen molar-refractivity contribution in [3.05, 3.63) is 63.6 Å². The molecule has 0 radical (unpaired) electrons. The lowest BCUT2D eigenvalue weighted by molar-refractivity contribution is 0.0947. The number of hydrogen-bond acceptors (Lipinski definition) is 2. The SMILES string of the molecule is O=C(NCC1Cc2ccccc21)c1ccc(Br)cc1O. The zero-order valence-corrected chi connectivity index (χ0v) is 12.4. The minimum absolute atomic E-state index is 0.00844. The van der Waals surface area contributed by atoms with Crippen LogP contribution in [0.25, 0.3) is 0 Å². The molecule has 2 N–H and O–H groups in total. The Labute approximate surface area is 125 Å². The summed E-state index contributed by atoms with van der Waals surface area (Å²) < 4.78 is 0.750. The van der Waals surface area contributed by atoms with Gasteiger partial charge in [-0.1, -0.05) is 40.2 Å². The van der Waals surface area contributed by atoms with Gasteiger partial charge < -0.3 is 10.4 Å². The Bertz CT molecular complexity index is 669. The number of aromatic hydroxyl groups is 1. The number of phenols is 1. The van der Waals surface area contributed by atoms with E-state index in [2.05, 4.69) is 33.4 Å². The predicted octanol–water partition coefficient (Wildman–Crippen LogP) is 3.22. The van der Waals surface area contributed by atoms with Gasteiger partial charge in [0, 0.05) is 16.9 Å². The molecule has 3 nitrogen and oxygen atoms in total. The first-order chi connectivity index (χ1) is 9.65. The molecule has 1 aliphatic carbocycles. The molecule has 0 fully saturated rings. The molecule has 3 rings (SSSR count). The van der Waals surface area contributed by atoms with Gasteiger partial charge in [0.25, 0.3) is 5.91 Å². The molecule has 1 aliphatic rings. The van der Waals surface area contributed by atoms with E-state index in [1.54, 1.807) is 12.1 Å². The van der Waals surface area contributed by atoms with E-state index in [1.807, 2.05) is 12.1 Å². The highest BCUT2D eigenvalue weighted by atomic mass is 79.9. The highest BCUT2D eigenvalue weighted by Crippen LogP contribution is 2.34. The van der Waals surface area contributed by atoms with Crippen molar-refractivity contribution in [2.45, 2.75) is 12.3 Å². The van der Waals surface area contributed by atoms with Crippen LogP contribution in [0.1, 0.15) is 27.4 Å². The van der Waals surface area contributed by atoms with Gasteiger partial charge in [0.15, 0.2) is 0 Å². The maximum atomic E-state index is 12.0. The maximum Gasteiger partial charge on any atom is 0.255 e. The summed E-state index contributed by atoms with van der Waals surface area (Å²) in [7, 11) is 0. The molecule has 2 aromatic rings. The van der Waals surface area contributed by atoms with Crippen LogP contribution < -0.4 is 5.32 Å². The molecule has 2 aromatic carbocycles. The molecule has 20 heavy (non-hydrogen) atoms. The summed E-state index contributed by atoms with van der Waals surface area (Å²) in [5.41, 5.74) is 2.98. The Hall–Kier alpha value is -1.81. The number of fused-ring (bicyclic) bond motifs is 1. The first-order valence-corrected chi connectivity index (χ1v) is 7.29. The Morgan fingerprint density at radius 2 is 2.10 bits per heavy atom. The fourth-order valence-electron chi connectivity index (χ4n) is 2.55. The van der Waals surface area contributed by atoms with Crippen LogP contribution in [0.5, 0.6) is 5.75 Å².